The van der Waals surface area contributed by atoms with E-state index < -0.39 is 42.1 Å². The number of carbonyl (C=O) groups is 3. The molecule has 0 aromatic heterocycles. The molecule has 152 valence electrons. The molecule has 0 aliphatic carbocycles. The Bertz CT molecular complexity index is 576. The number of aliphatic hydroxyl groups is 2. The van der Waals surface area contributed by atoms with Crippen molar-refractivity contribution in [2.24, 2.45) is 11.7 Å². The average Bonchev–Trinajstić information content (AvgIpc) is 2.60. The number of aliphatic carboxylic acids is 1. The Hall–Kier alpha value is -2.15. The minimum absolute atomic E-state index is 0.0625. The Labute approximate surface area is 158 Å². The van der Waals surface area contributed by atoms with Gasteiger partial charge in [-0.2, -0.15) is 0 Å². The van der Waals surface area contributed by atoms with Crippen LogP contribution in [-0.2, 0) is 14.4 Å². The number of nitrogens with one attached hydrogen (secondary N) is 1. The van der Waals surface area contributed by atoms with Crippen molar-refractivity contribution in [3.63, 3.8) is 0 Å². The monoisotopic (exact) mass is 383 g/mol. The number of nitrogens with zero attached hydrogens (tertiary/aromatic N) is 1. The van der Waals surface area contributed by atoms with Gasteiger partial charge in [0.1, 0.15) is 12.0 Å². The van der Waals surface area contributed by atoms with Gasteiger partial charge in [-0.25, -0.2) is 0 Å². The van der Waals surface area contributed by atoms with E-state index in [2.05, 4.69) is 11.2 Å². The zero-order chi connectivity index (χ0) is 20.6. The Balaban J connectivity index is 2.82. The summed E-state index contributed by atoms with van der Waals surface area (Å²) in [6.07, 6.45) is 4.82. The first-order valence-electron chi connectivity index (χ1n) is 9.06. The lowest BCUT2D eigenvalue weighted by molar-refractivity contribution is -0.168. The molecular formula is C18H29N3O6. The SMILES string of the molecule is C#CCC(NC(=O)CCCCCN)C(=O)N1CC(O)[C@H](O)C(C(=O)O)C1C. The Morgan fingerprint density at radius 1 is 1.30 bits per heavy atom. The number of carboxylic acid groups (broad SMARTS) is 1. The lowest BCUT2D eigenvalue weighted by Gasteiger charge is -2.43. The number of hydrogen-bond acceptors (Lipinski definition) is 6. The number of piperidine rings is 1. The number of aliphatic hydroxyl groups excluding tert-OH is 2. The van der Waals surface area contributed by atoms with E-state index in [4.69, 9.17) is 12.2 Å². The van der Waals surface area contributed by atoms with Crippen LogP contribution in [0, 0.1) is 18.3 Å². The molecule has 1 fully saturated rings. The summed E-state index contributed by atoms with van der Waals surface area (Å²) in [7, 11) is 0. The molecule has 0 aromatic rings. The highest BCUT2D eigenvalue weighted by molar-refractivity contribution is 5.88. The van der Waals surface area contributed by atoms with Crippen LogP contribution in [0.25, 0.3) is 0 Å². The summed E-state index contributed by atoms with van der Waals surface area (Å²) in [5, 5.41) is 31.8. The maximum atomic E-state index is 12.8. The van der Waals surface area contributed by atoms with E-state index in [-0.39, 0.29) is 25.3 Å². The van der Waals surface area contributed by atoms with Crippen molar-refractivity contribution in [3.05, 3.63) is 0 Å². The molecule has 1 saturated heterocycles. The highest BCUT2D eigenvalue weighted by Gasteiger charge is 2.46. The molecule has 0 radical (unpaired) electrons. The molecule has 0 spiro atoms. The lowest BCUT2D eigenvalue weighted by Crippen LogP contribution is -2.63. The van der Waals surface area contributed by atoms with Crippen LogP contribution in [0.15, 0.2) is 0 Å². The summed E-state index contributed by atoms with van der Waals surface area (Å²) in [4.78, 5) is 37.5. The van der Waals surface area contributed by atoms with Crippen LogP contribution in [-0.4, -0.2) is 75.4 Å². The van der Waals surface area contributed by atoms with Crippen molar-refractivity contribution in [1.29, 1.82) is 0 Å². The van der Waals surface area contributed by atoms with Crippen LogP contribution >= 0.6 is 0 Å². The fraction of sp³-hybridized carbons (Fsp3) is 0.722. The molecule has 27 heavy (non-hydrogen) atoms. The predicted molar refractivity (Wildman–Crippen MR) is 97.2 cm³/mol. The fourth-order valence-electron chi connectivity index (χ4n) is 3.23. The summed E-state index contributed by atoms with van der Waals surface area (Å²) >= 11 is 0. The van der Waals surface area contributed by atoms with Crippen molar-refractivity contribution >= 4 is 17.8 Å². The maximum absolute atomic E-state index is 12.8. The van der Waals surface area contributed by atoms with Crippen LogP contribution in [0.5, 0.6) is 0 Å². The van der Waals surface area contributed by atoms with Gasteiger partial charge in [-0.3, -0.25) is 14.4 Å². The van der Waals surface area contributed by atoms with Gasteiger partial charge < -0.3 is 31.3 Å². The average molecular weight is 383 g/mol. The number of nitrogens with two attached hydrogens (primary N) is 1. The van der Waals surface area contributed by atoms with E-state index in [9.17, 15) is 29.7 Å². The van der Waals surface area contributed by atoms with Crippen molar-refractivity contribution < 1.29 is 29.7 Å². The van der Waals surface area contributed by atoms with Gasteiger partial charge >= 0.3 is 5.97 Å². The van der Waals surface area contributed by atoms with Gasteiger partial charge in [0, 0.05) is 25.4 Å². The summed E-state index contributed by atoms with van der Waals surface area (Å²) in [5.74, 6) is -1.23. The van der Waals surface area contributed by atoms with Gasteiger partial charge in [0.25, 0.3) is 0 Å². The van der Waals surface area contributed by atoms with E-state index in [0.717, 1.165) is 17.7 Å². The van der Waals surface area contributed by atoms with Crippen molar-refractivity contribution in [3.8, 4) is 12.3 Å². The summed E-state index contributed by atoms with van der Waals surface area (Å²) < 4.78 is 0. The first-order chi connectivity index (χ1) is 12.7. The van der Waals surface area contributed by atoms with E-state index in [1.165, 1.54) is 6.92 Å². The van der Waals surface area contributed by atoms with Crippen molar-refractivity contribution in [1.82, 2.24) is 10.2 Å². The number of likely N-dealkylation sites (tertiary alicyclic amines) is 1. The molecule has 1 aliphatic heterocycles. The number of amides is 2. The molecule has 0 bridgehead atoms. The largest absolute Gasteiger partial charge is 0.481 e. The van der Waals surface area contributed by atoms with E-state index in [1.54, 1.807) is 0 Å². The molecular weight excluding hydrogens is 354 g/mol. The van der Waals surface area contributed by atoms with E-state index in [1.807, 2.05) is 0 Å². The Kier molecular flexibility index (Phi) is 9.21. The smallest absolute Gasteiger partial charge is 0.311 e. The minimum atomic E-state index is -1.48. The van der Waals surface area contributed by atoms with Gasteiger partial charge in [0.05, 0.1) is 12.2 Å². The van der Waals surface area contributed by atoms with Crippen LogP contribution in [0.2, 0.25) is 0 Å². The third-order valence-electron chi connectivity index (χ3n) is 4.79. The lowest BCUT2D eigenvalue weighted by atomic mass is 9.85. The molecule has 1 heterocycles. The quantitative estimate of drug-likeness (QED) is 0.244. The molecule has 2 amide bonds. The number of β-amino-alcohol motifs (C(OH)–C–C–N with tert-alkyl or cyclic N) is 1. The van der Waals surface area contributed by atoms with Crippen LogP contribution in [0.4, 0.5) is 0 Å². The number of terminal acetylenes is 1. The van der Waals surface area contributed by atoms with Crippen LogP contribution in [0.3, 0.4) is 0 Å². The standard InChI is InChI=1S/C18H29N3O6/c1-3-7-12(20-14(23)8-5-4-6-9-19)17(25)21-10-13(22)16(24)15(11(21)2)18(26)27/h1,11-13,15-16,22,24H,4-10,19H2,2H3,(H,20,23)(H,26,27)/t11?,12?,13?,15?,16-/m0/s1. The van der Waals surface area contributed by atoms with Gasteiger partial charge in [-0.15, -0.1) is 12.3 Å². The minimum Gasteiger partial charge on any atom is -0.481 e. The number of carbonyl (C=O) groups excluding carboxylic acids is 2. The second-order valence-electron chi connectivity index (χ2n) is 6.78. The number of hydrogen-bond donors (Lipinski definition) is 5. The zero-order valence-electron chi connectivity index (χ0n) is 15.5. The van der Waals surface area contributed by atoms with Crippen molar-refractivity contribution in [2.75, 3.05) is 13.1 Å². The number of rotatable bonds is 9. The van der Waals surface area contributed by atoms with Gasteiger partial charge in [-0.05, 0) is 26.3 Å². The first kappa shape index (κ1) is 22.9. The summed E-state index contributed by atoms with van der Waals surface area (Å²) in [6.45, 7) is 1.79. The van der Waals surface area contributed by atoms with Crippen molar-refractivity contribution in [2.45, 2.75) is 63.3 Å². The van der Waals surface area contributed by atoms with Gasteiger partial charge in [0.15, 0.2) is 0 Å². The second-order valence-corrected chi connectivity index (χ2v) is 6.78. The Morgan fingerprint density at radius 3 is 2.52 bits per heavy atom. The third kappa shape index (κ3) is 6.20. The highest BCUT2D eigenvalue weighted by Crippen LogP contribution is 2.25. The zero-order valence-corrected chi connectivity index (χ0v) is 15.5. The Morgan fingerprint density at radius 2 is 1.96 bits per heavy atom. The topological polar surface area (TPSA) is 153 Å². The molecule has 0 aromatic carbocycles. The first-order valence-corrected chi connectivity index (χ1v) is 9.06. The van der Waals surface area contributed by atoms with E-state index >= 15 is 0 Å². The van der Waals surface area contributed by atoms with E-state index in [0.29, 0.717) is 13.0 Å². The number of carboxylic acids is 1. The maximum Gasteiger partial charge on any atom is 0.311 e. The molecule has 5 atom stereocenters. The molecule has 1 aliphatic rings. The molecule has 0 saturated carbocycles. The van der Waals surface area contributed by atoms with Crippen LogP contribution in [0.1, 0.15) is 39.0 Å². The molecule has 4 unspecified atom stereocenters. The molecule has 6 N–H and O–H groups in total. The highest BCUT2D eigenvalue weighted by atomic mass is 16.4. The molecule has 9 heteroatoms. The predicted octanol–water partition coefficient (Wildman–Crippen LogP) is -1.33. The second kappa shape index (κ2) is 10.9. The van der Waals surface area contributed by atoms with Gasteiger partial charge in [-0.1, -0.05) is 6.42 Å². The van der Waals surface area contributed by atoms with Gasteiger partial charge in [0.2, 0.25) is 11.8 Å². The summed E-state index contributed by atoms with van der Waals surface area (Å²) in [6, 6.07) is -1.88. The molecule has 9 nitrogen and oxygen atoms in total. The summed E-state index contributed by atoms with van der Waals surface area (Å²) in [5.41, 5.74) is 5.40. The molecule has 1 rings (SSSR count). The normalized spacial score (nSPS) is 26.1. The fourth-order valence-corrected chi connectivity index (χ4v) is 3.23. The third-order valence-corrected chi connectivity index (χ3v) is 4.79. The van der Waals surface area contributed by atoms with Crippen LogP contribution < -0.4 is 11.1 Å². The number of unbranched alkanes of at least 4 members (excludes halogenated alkanes) is 2.